The van der Waals surface area contributed by atoms with E-state index in [1.165, 1.54) is 6.92 Å². The minimum atomic E-state index is -1.05. The molecule has 0 saturated carbocycles. The quantitative estimate of drug-likeness (QED) is 0.677. The Labute approximate surface area is 104 Å². The van der Waals surface area contributed by atoms with Crippen molar-refractivity contribution in [3.63, 3.8) is 0 Å². The number of carbonyl (C=O) groups excluding carboxylic acids is 1. The van der Waals surface area contributed by atoms with Gasteiger partial charge in [0.2, 0.25) is 0 Å². The first-order valence-electron chi connectivity index (χ1n) is 4.38. The summed E-state index contributed by atoms with van der Waals surface area (Å²) in [5, 5.41) is 8.78. The molecule has 1 N–H and O–H groups in total. The average molecular weight is 300 g/mol. The fourth-order valence-corrected chi connectivity index (χ4v) is 1.25. The van der Waals surface area contributed by atoms with Gasteiger partial charge in [-0.05, 0) is 18.9 Å². The molecule has 0 aliphatic heterocycles. The predicted octanol–water partition coefficient (Wildman–Crippen LogP) is 1.52. The Morgan fingerprint density at radius 2 is 1.80 bits per heavy atom. The van der Waals surface area contributed by atoms with Crippen LogP contribution in [0.5, 0.6) is 0 Å². The number of hydrogen-bond donors (Lipinski definition) is 1. The molecule has 0 aromatic heterocycles. The van der Waals surface area contributed by atoms with E-state index in [1.54, 1.807) is 0 Å². The van der Waals surface area contributed by atoms with E-state index in [0.29, 0.717) is 0 Å². The topological polar surface area (TPSA) is 54.4 Å². The average Bonchev–Trinajstić information content (AvgIpc) is 2.15. The largest absolute Gasteiger partial charge is 0.481 e. The summed E-state index contributed by atoms with van der Waals surface area (Å²) in [6.45, 7) is 1.31. The van der Waals surface area contributed by atoms with Gasteiger partial charge in [0, 0.05) is 22.4 Å². The first-order chi connectivity index (χ1) is 6.61. The molecule has 0 aliphatic carbocycles. The van der Waals surface area contributed by atoms with Crippen molar-refractivity contribution in [3.05, 3.63) is 35.9 Å². The van der Waals surface area contributed by atoms with Crippen LogP contribution in [0.2, 0.25) is 0 Å². The van der Waals surface area contributed by atoms with Gasteiger partial charge >= 0.3 is 5.97 Å². The van der Waals surface area contributed by atoms with E-state index in [0.717, 1.165) is 5.56 Å². The molecule has 0 amide bonds. The number of Topliss-reactive ketones (excluding diaryl/α,β-unsaturated/α-hetero) is 1. The van der Waals surface area contributed by atoms with Gasteiger partial charge in [0.25, 0.3) is 0 Å². The second-order valence-corrected chi connectivity index (χ2v) is 3.19. The van der Waals surface area contributed by atoms with Crippen LogP contribution < -0.4 is 0 Å². The fourth-order valence-electron chi connectivity index (χ4n) is 1.25. The molecule has 1 atom stereocenters. The normalized spacial score (nSPS) is 11.3. The second kappa shape index (κ2) is 6.56. The Morgan fingerprint density at radius 1 is 1.27 bits per heavy atom. The molecule has 1 radical (unpaired) electrons. The molecule has 0 bridgehead atoms. The van der Waals surface area contributed by atoms with Crippen molar-refractivity contribution in [1.29, 1.82) is 0 Å². The molecule has 0 aliphatic rings. The SMILES string of the molecule is CC(=O)C(Cc1ccccc1)C(=O)O.[Ag]. The molecule has 3 nitrogen and oxygen atoms in total. The van der Waals surface area contributed by atoms with Crippen molar-refractivity contribution in [3.8, 4) is 0 Å². The van der Waals surface area contributed by atoms with E-state index in [9.17, 15) is 9.59 Å². The van der Waals surface area contributed by atoms with Gasteiger partial charge in [-0.2, -0.15) is 0 Å². The standard InChI is InChI=1S/C11H12O3.Ag/c1-8(12)10(11(13)14)7-9-5-3-2-4-6-9;/h2-6,10H,7H2,1H3,(H,13,14);. The third-order valence-electron chi connectivity index (χ3n) is 2.07. The van der Waals surface area contributed by atoms with Crippen molar-refractivity contribution in [1.82, 2.24) is 0 Å². The molecule has 4 heteroatoms. The number of carboxylic acids is 1. The maximum atomic E-state index is 11.0. The molecular formula is C11H12AgO3. The van der Waals surface area contributed by atoms with E-state index >= 15 is 0 Å². The first kappa shape index (κ1) is 14.1. The molecule has 1 rings (SSSR count). The molecule has 1 unspecified atom stereocenters. The number of carbonyl (C=O) groups is 2. The van der Waals surface area contributed by atoms with Crippen LogP contribution in [-0.2, 0) is 38.4 Å². The third-order valence-corrected chi connectivity index (χ3v) is 2.07. The Bertz CT molecular complexity index is 321. The van der Waals surface area contributed by atoms with E-state index in [1.807, 2.05) is 30.3 Å². The van der Waals surface area contributed by atoms with Crippen LogP contribution in [0, 0.1) is 5.92 Å². The Balaban J connectivity index is 0.00000196. The molecule has 1 aromatic carbocycles. The zero-order valence-electron chi connectivity index (χ0n) is 8.24. The molecular weight excluding hydrogens is 288 g/mol. The van der Waals surface area contributed by atoms with Crippen molar-refractivity contribution in [2.45, 2.75) is 13.3 Å². The summed E-state index contributed by atoms with van der Waals surface area (Å²) < 4.78 is 0. The van der Waals surface area contributed by atoms with E-state index in [-0.39, 0.29) is 34.6 Å². The van der Waals surface area contributed by atoms with Gasteiger partial charge in [0.15, 0.2) is 0 Å². The minimum Gasteiger partial charge on any atom is -0.481 e. The summed E-state index contributed by atoms with van der Waals surface area (Å²) >= 11 is 0. The molecule has 85 valence electrons. The number of carboxylic acid groups (broad SMARTS) is 1. The van der Waals surface area contributed by atoms with Crippen LogP contribution in [0.3, 0.4) is 0 Å². The predicted molar refractivity (Wildman–Crippen MR) is 52.0 cm³/mol. The third kappa shape index (κ3) is 4.42. The number of ketones is 1. The van der Waals surface area contributed by atoms with Gasteiger partial charge in [-0.15, -0.1) is 0 Å². The Kier molecular flexibility index (Phi) is 6.17. The number of hydrogen-bond acceptors (Lipinski definition) is 2. The van der Waals surface area contributed by atoms with Gasteiger partial charge in [-0.25, -0.2) is 0 Å². The number of aliphatic carboxylic acids is 1. The van der Waals surface area contributed by atoms with Crippen LogP contribution in [0.4, 0.5) is 0 Å². The van der Waals surface area contributed by atoms with Crippen LogP contribution in [0.25, 0.3) is 0 Å². The van der Waals surface area contributed by atoms with Crippen LogP contribution >= 0.6 is 0 Å². The molecule has 0 spiro atoms. The summed E-state index contributed by atoms with van der Waals surface area (Å²) in [6, 6.07) is 9.15. The first-order valence-corrected chi connectivity index (χ1v) is 4.38. The summed E-state index contributed by atoms with van der Waals surface area (Å²) in [7, 11) is 0. The summed E-state index contributed by atoms with van der Waals surface area (Å²) in [5.41, 5.74) is 0.870. The van der Waals surface area contributed by atoms with Crippen molar-refractivity contribution < 1.29 is 37.1 Å². The molecule has 0 saturated heterocycles. The van der Waals surface area contributed by atoms with Gasteiger partial charge in [0.1, 0.15) is 11.7 Å². The zero-order valence-corrected chi connectivity index (χ0v) is 9.72. The second-order valence-electron chi connectivity index (χ2n) is 3.19. The minimum absolute atomic E-state index is 0. The van der Waals surface area contributed by atoms with Crippen LogP contribution in [0.1, 0.15) is 12.5 Å². The maximum Gasteiger partial charge on any atom is 0.314 e. The van der Waals surface area contributed by atoms with E-state index < -0.39 is 11.9 Å². The maximum absolute atomic E-state index is 11.0. The summed E-state index contributed by atoms with van der Waals surface area (Å²) in [4.78, 5) is 21.7. The fraction of sp³-hybridized carbons (Fsp3) is 0.273. The van der Waals surface area contributed by atoms with Crippen LogP contribution in [-0.4, -0.2) is 16.9 Å². The summed E-state index contributed by atoms with van der Waals surface area (Å²) in [6.07, 6.45) is 0.269. The van der Waals surface area contributed by atoms with Crippen molar-refractivity contribution in [2.24, 2.45) is 5.92 Å². The van der Waals surface area contributed by atoms with Crippen LogP contribution in [0.15, 0.2) is 30.3 Å². The molecule has 0 heterocycles. The Hall–Kier alpha value is -0.900. The van der Waals surface area contributed by atoms with Gasteiger partial charge < -0.3 is 5.11 Å². The Morgan fingerprint density at radius 3 is 2.20 bits per heavy atom. The van der Waals surface area contributed by atoms with Gasteiger partial charge in [-0.3, -0.25) is 9.59 Å². The summed E-state index contributed by atoms with van der Waals surface area (Å²) in [5.74, 6) is -2.28. The van der Waals surface area contributed by atoms with Crippen molar-refractivity contribution >= 4 is 11.8 Å². The molecule has 15 heavy (non-hydrogen) atoms. The van der Waals surface area contributed by atoms with Crippen molar-refractivity contribution in [2.75, 3.05) is 0 Å². The molecule has 1 aromatic rings. The zero-order chi connectivity index (χ0) is 10.6. The molecule has 0 fully saturated rings. The number of rotatable bonds is 4. The van der Waals surface area contributed by atoms with E-state index in [4.69, 9.17) is 5.11 Å². The smallest absolute Gasteiger partial charge is 0.314 e. The number of benzene rings is 1. The van der Waals surface area contributed by atoms with Gasteiger partial charge in [-0.1, -0.05) is 30.3 Å². The monoisotopic (exact) mass is 299 g/mol. The van der Waals surface area contributed by atoms with Gasteiger partial charge in [0.05, 0.1) is 0 Å². The van der Waals surface area contributed by atoms with E-state index in [2.05, 4.69) is 0 Å².